The normalized spacial score (nSPS) is 18.3. The van der Waals surface area contributed by atoms with Gasteiger partial charge in [0.15, 0.2) is 0 Å². The number of anilines is 1. The van der Waals surface area contributed by atoms with Crippen LogP contribution in [0.2, 0.25) is 0 Å². The average molecular weight is 385 g/mol. The molecule has 1 fully saturated rings. The number of nitrogens with one attached hydrogen (secondary N) is 1. The summed E-state index contributed by atoms with van der Waals surface area (Å²) in [6, 6.07) is 9.59. The molecule has 2 aromatic rings. The zero-order valence-corrected chi connectivity index (χ0v) is 14.6. The predicted octanol–water partition coefficient (Wildman–Crippen LogP) is 2.80. The highest BCUT2D eigenvalue weighted by Gasteiger charge is 2.31. The molecule has 1 aliphatic rings. The monoisotopic (exact) mass is 385 g/mol. The van der Waals surface area contributed by atoms with E-state index in [9.17, 15) is 21.6 Å². The van der Waals surface area contributed by atoms with E-state index in [-0.39, 0.29) is 11.6 Å². The van der Waals surface area contributed by atoms with Crippen molar-refractivity contribution in [2.24, 2.45) is 0 Å². The summed E-state index contributed by atoms with van der Waals surface area (Å²) in [7, 11) is -3.75. The number of alkyl halides is 3. The first kappa shape index (κ1) is 18.7. The molecule has 1 unspecified atom stereocenters. The van der Waals surface area contributed by atoms with Gasteiger partial charge in [-0.2, -0.15) is 13.2 Å². The molecule has 1 saturated heterocycles. The summed E-state index contributed by atoms with van der Waals surface area (Å²) in [5.74, 6) is 0.281. The molecule has 1 N–H and O–H groups in total. The Labute approximate surface area is 149 Å². The first-order valence-electron chi connectivity index (χ1n) is 8.05. The smallest absolute Gasteiger partial charge is 0.355 e. The lowest BCUT2D eigenvalue weighted by Crippen LogP contribution is -2.37. The number of hydrogen-bond acceptors (Lipinski definition) is 4. The van der Waals surface area contributed by atoms with Crippen molar-refractivity contribution in [3.8, 4) is 0 Å². The van der Waals surface area contributed by atoms with Gasteiger partial charge in [0, 0.05) is 25.3 Å². The molecule has 140 valence electrons. The molecule has 0 radical (unpaired) electrons. The third-order valence-electron chi connectivity index (χ3n) is 4.12. The number of pyridine rings is 1. The number of hydrogen-bond donors (Lipinski definition) is 1. The largest absolute Gasteiger partial charge is 0.416 e. The van der Waals surface area contributed by atoms with E-state index in [1.807, 2.05) is 17.0 Å². The third kappa shape index (κ3) is 4.73. The molecule has 3 rings (SSSR count). The van der Waals surface area contributed by atoms with Gasteiger partial charge in [-0.05, 0) is 30.2 Å². The van der Waals surface area contributed by atoms with E-state index in [2.05, 4.69) is 9.71 Å². The minimum absolute atomic E-state index is 0.104. The van der Waals surface area contributed by atoms with Gasteiger partial charge in [-0.1, -0.05) is 24.3 Å². The zero-order chi connectivity index (χ0) is 18.8. The van der Waals surface area contributed by atoms with Crippen LogP contribution < -0.4 is 9.62 Å². The number of aromatic nitrogens is 1. The second-order valence-corrected chi connectivity index (χ2v) is 7.95. The van der Waals surface area contributed by atoms with Crippen LogP contribution in [0.25, 0.3) is 0 Å². The topological polar surface area (TPSA) is 62.3 Å². The molecule has 26 heavy (non-hydrogen) atoms. The summed E-state index contributed by atoms with van der Waals surface area (Å²) in [5, 5.41) is 0. The maximum atomic E-state index is 12.8. The maximum absolute atomic E-state index is 12.8. The summed E-state index contributed by atoms with van der Waals surface area (Å²) < 4.78 is 65.5. The van der Waals surface area contributed by atoms with E-state index in [4.69, 9.17) is 0 Å². The van der Waals surface area contributed by atoms with Gasteiger partial charge in [-0.3, -0.25) is 0 Å². The molecule has 5 nitrogen and oxygen atoms in total. The fourth-order valence-corrected chi connectivity index (χ4v) is 4.36. The molecule has 0 amide bonds. The van der Waals surface area contributed by atoms with Crippen LogP contribution in [0.15, 0.2) is 48.7 Å². The van der Waals surface area contributed by atoms with E-state index in [0.29, 0.717) is 19.5 Å². The van der Waals surface area contributed by atoms with Gasteiger partial charge in [0.2, 0.25) is 10.0 Å². The van der Waals surface area contributed by atoms with Crippen molar-refractivity contribution in [3.05, 3.63) is 59.8 Å². The van der Waals surface area contributed by atoms with E-state index < -0.39 is 27.5 Å². The molecule has 0 aliphatic carbocycles. The number of halogens is 3. The molecule has 9 heteroatoms. The quantitative estimate of drug-likeness (QED) is 0.860. The van der Waals surface area contributed by atoms with Crippen molar-refractivity contribution in [3.63, 3.8) is 0 Å². The van der Waals surface area contributed by atoms with E-state index >= 15 is 0 Å². The third-order valence-corrected chi connectivity index (χ3v) is 5.52. The lowest BCUT2D eigenvalue weighted by Gasteiger charge is -2.18. The molecule has 2 heterocycles. The highest BCUT2D eigenvalue weighted by Crippen LogP contribution is 2.30. The number of sulfonamides is 1. The van der Waals surface area contributed by atoms with E-state index in [0.717, 1.165) is 18.0 Å². The van der Waals surface area contributed by atoms with Crippen molar-refractivity contribution >= 4 is 15.8 Å². The molecule has 1 aromatic heterocycles. The van der Waals surface area contributed by atoms with Crippen LogP contribution in [0.1, 0.15) is 17.5 Å². The van der Waals surface area contributed by atoms with Gasteiger partial charge >= 0.3 is 6.18 Å². The Bertz CT molecular complexity index is 857. The fourth-order valence-electron chi connectivity index (χ4n) is 2.96. The Morgan fingerprint density at radius 3 is 2.69 bits per heavy atom. The molecular formula is C17H18F3N3O2S. The minimum atomic E-state index is -4.50. The standard InChI is InChI=1S/C17H18F3N3O2S/c18-17(19,20)14-5-3-4-13(10-14)12-26(24,25)22-15-7-9-23(11-15)16-6-1-2-8-21-16/h1-6,8,10,15,22H,7,9,11-12H2. The van der Waals surface area contributed by atoms with E-state index in [1.165, 1.54) is 12.1 Å². The molecular weight excluding hydrogens is 367 g/mol. The number of benzene rings is 1. The van der Waals surface area contributed by atoms with Gasteiger partial charge in [0.1, 0.15) is 5.82 Å². The first-order valence-corrected chi connectivity index (χ1v) is 9.70. The van der Waals surface area contributed by atoms with Crippen molar-refractivity contribution in [2.75, 3.05) is 18.0 Å². The summed E-state index contributed by atoms with van der Waals surface area (Å²) in [6.07, 6.45) is -2.22. The number of rotatable bonds is 5. The van der Waals surface area contributed by atoms with Crippen LogP contribution in [0.5, 0.6) is 0 Å². The van der Waals surface area contributed by atoms with Gasteiger partial charge < -0.3 is 4.90 Å². The van der Waals surface area contributed by atoms with Crippen LogP contribution in [0.4, 0.5) is 19.0 Å². The SMILES string of the molecule is O=S(=O)(Cc1cccc(C(F)(F)F)c1)NC1CCN(c2ccccn2)C1. The second kappa shape index (κ2) is 7.24. The van der Waals surface area contributed by atoms with Gasteiger partial charge in [0.05, 0.1) is 11.3 Å². The van der Waals surface area contributed by atoms with Crippen LogP contribution in [0, 0.1) is 0 Å². The van der Waals surface area contributed by atoms with Crippen molar-refractivity contribution in [2.45, 2.75) is 24.4 Å². The molecule has 1 aromatic carbocycles. The Balaban J connectivity index is 1.63. The molecule has 1 atom stereocenters. The lowest BCUT2D eigenvalue weighted by atomic mass is 10.1. The fraction of sp³-hybridized carbons (Fsp3) is 0.353. The maximum Gasteiger partial charge on any atom is 0.416 e. The molecule has 0 bridgehead atoms. The average Bonchev–Trinajstić information content (AvgIpc) is 3.02. The second-order valence-electron chi connectivity index (χ2n) is 6.19. The van der Waals surface area contributed by atoms with E-state index in [1.54, 1.807) is 12.3 Å². The van der Waals surface area contributed by atoms with Crippen LogP contribution in [-0.2, 0) is 22.0 Å². The molecule has 0 spiro atoms. The molecule has 1 aliphatic heterocycles. The van der Waals surface area contributed by atoms with Crippen molar-refractivity contribution in [1.29, 1.82) is 0 Å². The highest BCUT2D eigenvalue weighted by molar-refractivity contribution is 7.88. The Kier molecular flexibility index (Phi) is 5.19. The minimum Gasteiger partial charge on any atom is -0.355 e. The van der Waals surface area contributed by atoms with Crippen LogP contribution in [-0.4, -0.2) is 32.5 Å². The predicted molar refractivity (Wildman–Crippen MR) is 92.1 cm³/mol. The summed E-state index contributed by atoms with van der Waals surface area (Å²) in [4.78, 5) is 6.20. The Morgan fingerprint density at radius 2 is 2.00 bits per heavy atom. The highest BCUT2D eigenvalue weighted by atomic mass is 32.2. The van der Waals surface area contributed by atoms with Gasteiger partial charge in [-0.25, -0.2) is 18.1 Å². The Hall–Kier alpha value is -2.13. The summed E-state index contributed by atoms with van der Waals surface area (Å²) >= 11 is 0. The lowest BCUT2D eigenvalue weighted by molar-refractivity contribution is -0.137. The summed E-state index contributed by atoms with van der Waals surface area (Å²) in [6.45, 7) is 1.13. The van der Waals surface area contributed by atoms with Crippen molar-refractivity contribution in [1.82, 2.24) is 9.71 Å². The van der Waals surface area contributed by atoms with Crippen LogP contribution >= 0.6 is 0 Å². The van der Waals surface area contributed by atoms with Crippen molar-refractivity contribution < 1.29 is 21.6 Å². The zero-order valence-electron chi connectivity index (χ0n) is 13.8. The first-order chi connectivity index (χ1) is 12.2. The molecule has 0 saturated carbocycles. The summed E-state index contributed by atoms with van der Waals surface area (Å²) in [5.41, 5.74) is -0.751. The van der Waals surface area contributed by atoms with Crippen LogP contribution in [0.3, 0.4) is 0 Å². The van der Waals surface area contributed by atoms with Gasteiger partial charge in [0.25, 0.3) is 0 Å². The number of nitrogens with zero attached hydrogens (tertiary/aromatic N) is 2. The Morgan fingerprint density at radius 1 is 1.19 bits per heavy atom. The van der Waals surface area contributed by atoms with Gasteiger partial charge in [-0.15, -0.1) is 0 Å².